The molecule has 0 aliphatic carbocycles. The molecule has 6 N–H and O–H groups in total. The van der Waals surface area contributed by atoms with Gasteiger partial charge in [0, 0.05) is 25.0 Å². The van der Waals surface area contributed by atoms with Gasteiger partial charge in [0.25, 0.3) is 5.91 Å². The lowest BCUT2D eigenvalue weighted by molar-refractivity contribution is 0.0995. The molecule has 1 amide bonds. The number of guanidine groups is 1. The van der Waals surface area contributed by atoms with Gasteiger partial charge in [-0.1, -0.05) is 35.9 Å². The fraction of sp³-hybridized carbons (Fsp3) is 0.158. The maximum atomic E-state index is 12.2. The van der Waals surface area contributed by atoms with Crippen molar-refractivity contribution in [1.29, 1.82) is 0 Å². The molecule has 27 heavy (non-hydrogen) atoms. The van der Waals surface area contributed by atoms with Gasteiger partial charge in [-0.2, -0.15) is 4.99 Å². The number of halogens is 1. The maximum Gasteiger partial charge on any atom is 0.296 e. The summed E-state index contributed by atoms with van der Waals surface area (Å²) in [5.41, 5.74) is 19.3. The lowest BCUT2D eigenvalue weighted by Crippen LogP contribution is -2.24. The zero-order chi connectivity index (χ0) is 19.6. The Balaban J connectivity index is 1.88. The largest absolute Gasteiger partial charge is 0.489 e. The van der Waals surface area contributed by atoms with Crippen molar-refractivity contribution in [2.24, 2.45) is 29.2 Å². The van der Waals surface area contributed by atoms with E-state index in [9.17, 15) is 4.79 Å². The first kappa shape index (κ1) is 18.8. The van der Waals surface area contributed by atoms with Gasteiger partial charge in [-0.25, -0.2) is 0 Å². The van der Waals surface area contributed by atoms with Crippen LogP contribution >= 0.6 is 11.6 Å². The molecule has 2 aromatic carbocycles. The van der Waals surface area contributed by atoms with Gasteiger partial charge in [-0.3, -0.25) is 4.79 Å². The third-order valence-corrected chi connectivity index (χ3v) is 4.51. The fourth-order valence-corrected chi connectivity index (χ4v) is 3.02. The van der Waals surface area contributed by atoms with Crippen molar-refractivity contribution in [1.82, 2.24) is 4.57 Å². The average molecular weight is 386 g/mol. The van der Waals surface area contributed by atoms with Gasteiger partial charge in [-0.05, 0) is 23.3 Å². The van der Waals surface area contributed by atoms with Gasteiger partial charge in [0.15, 0.2) is 5.96 Å². The van der Waals surface area contributed by atoms with E-state index >= 15 is 0 Å². The number of aliphatic imine (C=N–C) groups is 1. The van der Waals surface area contributed by atoms with Crippen molar-refractivity contribution in [3.05, 3.63) is 64.3 Å². The molecule has 0 saturated heterocycles. The van der Waals surface area contributed by atoms with E-state index in [0.717, 1.165) is 16.6 Å². The number of fused-ring (bicyclic) bond motifs is 1. The van der Waals surface area contributed by atoms with Crippen LogP contribution in [0, 0.1) is 0 Å². The van der Waals surface area contributed by atoms with Crippen LogP contribution in [-0.4, -0.2) is 16.4 Å². The van der Waals surface area contributed by atoms with Gasteiger partial charge in [0.05, 0.1) is 10.5 Å². The summed E-state index contributed by atoms with van der Waals surface area (Å²) in [5.74, 6) is -0.231. The van der Waals surface area contributed by atoms with Gasteiger partial charge in [0.1, 0.15) is 18.1 Å². The third-order valence-electron chi connectivity index (χ3n) is 4.20. The maximum absolute atomic E-state index is 12.2. The van der Waals surface area contributed by atoms with Crippen LogP contribution in [0.4, 0.5) is 0 Å². The van der Waals surface area contributed by atoms with Crippen LogP contribution in [0.25, 0.3) is 10.9 Å². The molecular weight excluding hydrogens is 366 g/mol. The normalized spacial score (nSPS) is 10.8. The van der Waals surface area contributed by atoms with E-state index in [1.54, 1.807) is 23.7 Å². The molecule has 0 radical (unpaired) electrons. The molecule has 0 aliphatic rings. The van der Waals surface area contributed by atoms with Gasteiger partial charge >= 0.3 is 0 Å². The number of aromatic nitrogens is 1. The van der Waals surface area contributed by atoms with Crippen molar-refractivity contribution >= 4 is 34.4 Å². The molecular formula is C19H20ClN5O2. The Morgan fingerprint density at radius 3 is 2.44 bits per heavy atom. The number of nitrogens with two attached hydrogens (primary N) is 3. The summed E-state index contributed by atoms with van der Waals surface area (Å²) in [4.78, 5) is 15.7. The van der Waals surface area contributed by atoms with E-state index in [2.05, 4.69) is 4.99 Å². The third kappa shape index (κ3) is 4.05. The van der Waals surface area contributed by atoms with E-state index in [4.69, 9.17) is 33.5 Å². The molecule has 0 aliphatic heterocycles. The fourth-order valence-electron chi connectivity index (χ4n) is 2.76. The van der Waals surface area contributed by atoms with Gasteiger partial charge in [-0.15, -0.1) is 0 Å². The Morgan fingerprint density at radius 2 is 1.81 bits per heavy atom. The quantitative estimate of drug-likeness (QED) is 0.459. The summed E-state index contributed by atoms with van der Waals surface area (Å²) >= 11 is 6.38. The lowest BCUT2D eigenvalue weighted by Gasteiger charge is -2.09. The summed E-state index contributed by atoms with van der Waals surface area (Å²) in [6.45, 7) is 0.888. The van der Waals surface area contributed by atoms with Crippen molar-refractivity contribution in [2.45, 2.75) is 13.2 Å². The number of ether oxygens (including phenoxy) is 1. The molecule has 140 valence electrons. The molecule has 3 aromatic rings. The van der Waals surface area contributed by atoms with Crippen molar-refractivity contribution < 1.29 is 9.53 Å². The van der Waals surface area contributed by atoms with E-state index < -0.39 is 5.91 Å². The highest BCUT2D eigenvalue weighted by molar-refractivity contribution is 6.35. The molecule has 7 nitrogen and oxygen atoms in total. The minimum atomic E-state index is -0.535. The summed E-state index contributed by atoms with van der Waals surface area (Å²) in [5, 5.41) is 1.19. The Morgan fingerprint density at radius 1 is 1.15 bits per heavy atom. The number of carbonyl (C=O) groups is 1. The lowest BCUT2D eigenvalue weighted by atomic mass is 10.1. The number of carbonyl (C=O) groups excluding carboxylic acids is 1. The second-order valence-corrected chi connectivity index (χ2v) is 6.48. The standard InChI is InChI=1S/C19H20ClN5O2/c1-25-16-7-13(27-10-12-4-2-11(9-21)3-5-12)6-15(20)14(16)8-17(25)18(26)24-19(22)23/h2-8H,9-10,21H2,1H3,(H4,22,23,24,26). The van der Waals surface area contributed by atoms with Crippen LogP contribution in [0.2, 0.25) is 5.02 Å². The number of aryl methyl sites for hydroxylation is 1. The van der Waals surface area contributed by atoms with E-state index in [-0.39, 0.29) is 5.96 Å². The number of hydrogen-bond acceptors (Lipinski definition) is 3. The topological polar surface area (TPSA) is 122 Å². The molecule has 0 saturated carbocycles. The van der Waals surface area contributed by atoms with Crippen LogP contribution < -0.4 is 21.9 Å². The molecule has 1 aromatic heterocycles. The van der Waals surface area contributed by atoms with E-state index in [0.29, 0.717) is 35.0 Å². The molecule has 0 spiro atoms. The summed E-state index contributed by atoms with van der Waals surface area (Å²) in [7, 11) is 1.74. The predicted octanol–water partition coefficient (Wildman–Crippen LogP) is 2.28. The Hall–Kier alpha value is -3.03. The number of nitrogens with zero attached hydrogens (tertiary/aromatic N) is 2. The first-order chi connectivity index (χ1) is 12.9. The summed E-state index contributed by atoms with van der Waals surface area (Å²) < 4.78 is 7.54. The van der Waals surface area contributed by atoms with Crippen LogP contribution in [0.15, 0.2) is 47.5 Å². The Kier molecular flexibility index (Phi) is 5.34. The summed E-state index contributed by atoms with van der Waals surface area (Å²) in [6.07, 6.45) is 0. The first-order valence-corrected chi connectivity index (χ1v) is 8.60. The smallest absolute Gasteiger partial charge is 0.296 e. The average Bonchev–Trinajstić information content (AvgIpc) is 2.97. The molecule has 8 heteroatoms. The highest BCUT2D eigenvalue weighted by Crippen LogP contribution is 2.32. The molecule has 3 rings (SSSR count). The predicted molar refractivity (Wildman–Crippen MR) is 107 cm³/mol. The van der Waals surface area contributed by atoms with E-state index in [1.165, 1.54) is 0 Å². The number of benzene rings is 2. The SMILES string of the molecule is Cn1c(C(=O)N=C(N)N)cc2c(Cl)cc(OCc3ccc(CN)cc3)cc21. The van der Waals surface area contributed by atoms with Crippen LogP contribution in [0.5, 0.6) is 5.75 Å². The highest BCUT2D eigenvalue weighted by atomic mass is 35.5. The molecule has 0 atom stereocenters. The highest BCUT2D eigenvalue weighted by Gasteiger charge is 2.16. The van der Waals surface area contributed by atoms with Gasteiger partial charge in [0.2, 0.25) is 0 Å². The molecule has 0 bridgehead atoms. The Bertz CT molecular complexity index is 1020. The Labute approximate surface area is 161 Å². The van der Waals surface area contributed by atoms with Crippen molar-refractivity contribution in [2.75, 3.05) is 0 Å². The second-order valence-electron chi connectivity index (χ2n) is 6.08. The number of rotatable bonds is 5. The molecule has 1 heterocycles. The zero-order valence-electron chi connectivity index (χ0n) is 14.8. The minimum absolute atomic E-state index is 0.291. The van der Waals surface area contributed by atoms with Crippen LogP contribution in [-0.2, 0) is 20.2 Å². The van der Waals surface area contributed by atoms with Crippen molar-refractivity contribution in [3.63, 3.8) is 0 Å². The molecule has 0 fully saturated rings. The van der Waals surface area contributed by atoms with Gasteiger partial charge < -0.3 is 26.5 Å². The van der Waals surface area contributed by atoms with Crippen LogP contribution in [0.1, 0.15) is 21.6 Å². The first-order valence-electron chi connectivity index (χ1n) is 8.22. The number of amides is 1. The van der Waals surface area contributed by atoms with Crippen molar-refractivity contribution in [3.8, 4) is 5.75 Å². The molecule has 0 unspecified atom stereocenters. The van der Waals surface area contributed by atoms with Crippen LogP contribution in [0.3, 0.4) is 0 Å². The van der Waals surface area contributed by atoms with E-state index in [1.807, 2.05) is 30.3 Å². The second kappa shape index (κ2) is 7.69. The number of hydrogen-bond donors (Lipinski definition) is 3. The minimum Gasteiger partial charge on any atom is -0.489 e. The zero-order valence-corrected chi connectivity index (χ0v) is 15.5. The summed E-state index contributed by atoms with van der Waals surface area (Å²) in [6, 6.07) is 13.1. The monoisotopic (exact) mass is 385 g/mol.